The first kappa shape index (κ1) is 10.5. The quantitative estimate of drug-likeness (QED) is 0.572. The maximum Gasteiger partial charge on any atom is 0.309 e. The largest absolute Gasteiger partial charge is 0.465 e. The topological polar surface area (TPSA) is 26.3 Å². The van der Waals surface area contributed by atoms with Crippen LogP contribution in [0.1, 0.15) is 33.6 Å². The third-order valence-electron chi connectivity index (χ3n) is 1.85. The van der Waals surface area contributed by atoms with Crippen molar-refractivity contribution >= 4 is 5.97 Å². The van der Waals surface area contributed by atoms with Gasteiger partial charge in [-0.05, 0) is 5.92 Å². The van der Waals surface area contributed by atoms with Gasteiger partial charge < -0.3 is 4.74 Å². The molecule has 0 amide bonds. The Kier molecular flexibility index (Phi) is 5.90. The Balaban J connectivity index is 3.42. The molecule has 65 valence electrons. The SMILES string of the molecule is C[CH]C(=O)OCC(CC)CC. The zero-order valence-electron chi connectivity index (χ0n) is 7.59. The van der Waals surface area contributed by atoms with Crippen LogP contribution in [0.15, 0.2) is 0 Å². The highest BCUT2D eigenvalue weighted by molar-refractivity contribution is 5.78. The highest BCUT2D eigenvalue weighted by Crippen LogP contribution is 2.07. The van der Waals surface area contributed by atoms with Gasteiger partial charge in [-0.2, -0.15) is 0 Å². The predicted octanol–water partition coefficient (Wildman–Crippen LogP) is 2.19. The third kappa shape index (κ3) is 4.82. The molecule has 0 aromatic carbocycles. The van der Waals surface area contributed by atoms with E-state index in [0.717, 1.165) is 12.8 Å². The summed E-state index contributed by atoms with van der Waals surface area (Å²) in [6.07, 6.45) is 3.60. The monoisotopic (exact) mass is 157 g/mol. The zero-order chi connectivity index (χ0) is 8.69. The highest BCUT2D eigenvalue weighted by atomic mass is 16.5. The molecule has 0 aliphatic carbocycles. The first-order valence-corrected chi connectivity index (χ1v) is 4.20. The van der Waals surface area contributed by atoms with Gasteiger partial charge in [0.25, 0.3) is 0 Å². The summed E-state index contributed by atoms with van der Waals surface area (Å²) in [7, 11) is 0. The molecular formula is C9H17O2. The average molecular weight is 157 g/mol. The minimum Gasteiger partial charge on any atom is -0.465 e. The Morgan fingerprint density at radius 3 is 2.36 bits per heavy atom. The maximum atomic E-state index is 10.7. The lowest BCUT2D eigenvalue weighted by atomic mass is 10.1. The summed E-state index contributed by atoms with van der Waals surface area (Å²) in [5.41, 5.74) is 0. The summed E-state index contributed by atoms with van der Waals surface area (Å²) in [5, 5.41) is 0. The van der Waals surface area contributed by atoms with E-state index in [1.54, 1.807) is 6.92 Å². The van der Waals surface area contributed by atoms with Crippen LogP contribution in [0.5, 0.6) is 0 Å². The Morgan fingerprint density at radius 1 is 1.45 bits per heavy atom. The second kappa shape index (κ2) is 6.20. The van der Waals surface area contributed by atoms with Gasteiger partial charge >= 0.3 is 5.97 Å². The number of carbonyl (C=O) groups is 1. The van der Waals surface area contributed by atoms with E-state index in [1.807, 2.05) is 0 Å². The van der Waals surface area contributed by atoms with Crippen molar-refractivity contribution in [3.63, 3.8) is 0 Å². The van der Waals surface area contributed by atoms with E-state index in [9.17, 15) is 4.79 Å². The van der Waals surface area contributed by atoms with E-state index in [-0.39, 0.29) is 5.97 Å². The lowest BCUT2D eigenvalue weighted by Gasteiger charge is -2.11. The molecule has 11 heavy (non-hydrogen) atoms. The Morgan fingerprint density at radius 2 is 2.00 bits per heavy atom. The standard InChI is InChI=1S/C9H17O2/c1-4-8(5-2)7-11-9(10)6-3/h6,8H,4-5,7H2,1-3H3. The van der Waals surface area contributed by atoms with Crippen molar-refractivity contribution in [2.75, 3.05) is 6.61 Å². The number of rotatable bonds is 5. The van der Waals surface area contributed by atoms with Crippen molar-refractivity contribution in [1.82, 2.24) is 0 Å². The molecule has 0 aliphatic rings. The van der Waals surface area contributed by atoms with Crippen molar-refractivity contribution in [2.45, 2.75) is 33.6 Å². The van der Waals surface area contributed by atoms with E-state index in [1.165, 1.54) is 6.42 Å². The third-order valence-corrected chi connectivity index (χ3v) is 1.85. The molecule has 0 heterocycles. The second-order valence-corrected chi connectivity index (χ2v) is 2.60. The summed E-state index contributed by atoms with van der Waals surface area (Å²) < 4.78 is 4.94. The maximum absolute atomic E-state index is 10.7. The predicted molar refractivity (Wildman–Crippen MR) is 45.0 cm³/mol. The normalized spacial score (nSPS) is 10.2. The van der Waals surface area contributed by atoms with E-state index < -0.39 is 0 Å². The minimum atomic E-state index is -0.211. The lowest BCUT2D eigenvalue weighted by molar-refractivity contribution is -0.140. The van der Waals surface area contributed by atoms with Crippen LogP contribution in [-0.2, 0) is 9.53 Å². The molecule has 0 N–H and O–H groups in total. The van der Waals surface area contributed by atoms with Crippen molar-refractivity contribution in [3.8, 4) is 0 Å². The number of ether oxygens (including phenoxy) is 1. The zero-order valence-corrected chi connectivity index (χ0v) is 7.59. The Bertz CT molecular complexity index is 106. The minimum absolute atomic E-state index is 0.211. The smallest absolute Gasteiger partial charge is 0.309 e. The fourth-order valence-electron chi connectivity index (χ4n) is 0.808. The molecule has 0 fully saturated rings. The van der Waals surface area contributed by atoms with Gasteiger partial charge in [-0.1, -0.05) is 33.6 Å². The molecule has 2 nitrogen and oxygen atoms in total. The lowest BCUT2D eigenvalue weighted by Crippen LogP contribution is -2.12. The number of esters is 1. The summed E-state index contributed by atoms with van der Waals surface area (Å²) >= 11 is 0. The van der Waals surface area contributed by atoms with Crippen molar-refractivity contribution in [1.29, 1.82) is 0 Å². The fraction of sp³-hybridized carbons (Fsp3) is 0.778. The molecule has 0 unspecified atom stereocenters. The van der Waals surface area contributed by atoms with Gasteiger partial charge in [0, 0.05) is 0 Å². The molecule has 0 saturated carbocycles. The van der Waals surface area contributed by atoms with E-state index in [4.69, 9.17) is 4.74 Å². The molecule has 0 aliphatic heterocycles. The summed E-state index contributed by atoms with van der Waals surface area (Å²) in [6, 6.07) is 0. The first-order chi connectivity index (χ1) is 5.24. The summed E-state index contributed by atoms with van der Waals surface area (Å²) in [4.78, 5) is 10.7. The molecule has 0 aromatic rings. The highest BCUT2D eigenvalue weighted by Gasteiger charge is 2.05. The van der Waals surface area contributed by atoms with Crippen LogP contribution in [0.4, 0.5) is 0 Å². The first-order valence-electron chi connectivity index (χ1n) is 4.20. The van der Waals surface area contributed by atoms with Gasteiger partial charge in [0.05, 0.1) is 13.0 Å². The van der Waals surface area contributed by atoms with Gasteiger partial charge in [0.15, 0.2) is 0 Å². The Labute approximate surface area is 68.9 Å². The van der Waals surface area contributed by atoms with Gasteiger partial charge in [-0.3, -0.25) is 4.79 Å². The van der Waals surface area contributed by atoms with E-state index in [2.05, 4.69) is 13.8 Å². The van der Waals surface area contributed by atoms with Crippen LogP contribution in [0.3, 0.4) is 0 Å². The van der Waals surface area contributed by atoms with E-state index in [0.29, 0.717) is 12.5 Å². The number of hydrogen-bond donors (Lipinski definition) is 0. The fourth-order valence-corrected chi connectivity index (χ4v) is 0.808. The average Bonchev–Trinajstić information content (AvgIpc) is 2.06. The van der Waals surface area contributed by atoms with Gasteiger partial charge in [0.2, 0.25) is 0 Å². The van der Waals surface area contributed by atoms with Crippen molar-refractivity contribution in [2.24, 2.45) is 5.92 Å². The molecule has 2 heteroatoms. The molecule has 0 rings (SSSR count). The van der Waals surface area contributed by atoms with Gasteiger partial charge in [0.1, 0.15) is 0 Å². The van der Waals surface area contributed by atoms with Gasteiger partial charge in [-0.15, -0.1) is 0 Å². The van der Waals surface area contributed by atoms with Crippen molar-refractivity contribution in [3.05, 3.63) is 6.42 Å². The number of hydrogen-bond acceptors (Lipinski definition) is 2. The number of carbonyl (C=O) groups excluding carboxylic acids is 1. The molecule has 0 aromatic heterocycles. The van der Waals surface area contributed by atoms with E-state index >= 15 is 0 Å². The van der Waals surface area contributed by atoms with Crippen LogP contribution in [0.2, 0.25) is 0 Å². The molecular weight excluding hydrogens is 140 g/mol. The van der Waals surface area contributed by atoms with Crippen LogP contribution >= 0.6 is 0 Å². The summed E-state index contributed by atoms with van der Waals surface area (Å²) in [6.45, 7) is 6.47. The second-order valence-electron chi connectivity index (χ2n) is 2.60. The molecule has 0 bridgehead atoms. The molecule has 0 atom stereocenters. The molecule has 0 spiro atoms. The van der Waals surface area contributed by atoms with Crippen LogP contribution < -0.4 is 0 Å². The van der Waals surface area contributed by atoms with Crippen LogP contribution in [-0.4, -0.2) is 12.6 Å². The van der Waals surface area contributed by atoms with Gasteiger partial charge in [-0.25, -0.2) is 0 Å². The molecule has 0 saturated heterocycles. The van der Waals surface area contributed by atoms with Crippen molar-refractivity contribution < 1.29 is 9.53 Å². The van der Waals surface area contributed by atoms with Crippen LogP contribution in [0, 0.1) is 12.3 Å². The summed E-state index contributed by atoms with van der Waals surface area (Å²) in [5.74, 6) is 0.316. The van der Waals surface area contributed by atoms with Crippen LogP contribution in [0.25, 0.3) is 0 Å². The Hall–Kier alpha value is -0.530. The molecule has 1 radical (unpaired) electrons.